The first-order valence-electron chi connectivity index (χ1n) is 6.17. The number of rotatable bonds is 7. The summed E-state index contributed by atoms with van der Waals surface area (Å²) in [6.07, 6.45) is 1.65. The van der Waals surface area contributed by atoms with E-state index in [4.69, 9.17) is 4.74 Å². The van der Waals surface area contributed by atoms with Crippen LogP contribution in [0.3, 0.4) is 0 Å². The second kappa shape index (κ2) is 6.29. The van der Waals surface area contributed by atoms with Crippen molar-refractivity contribution < 1.29 is 14.3 Å². The van der Waals surface area contributed by atoms with E-state index in [1.54, 1.807) is 7.11 Å². The van der Waals surface area contributed by atoms with E-state index in [0.717, 1.165) is 12.8 Å². The first-order valence-corrected chi connectivity index (χ1v) is 6.17. The van der Waals surface area contributed by atoms with Crippen LogP contribution < -0.4 is 0 Å². The van der Waals surface area contributed by atoms with E-state index in [0.29, 0.717) is 6.61 Å². The highest BCUT2D eigenvalue weighted by molar-refractivity contribution is 6.03. The van der Waals surface area contributed by atoms with Crippen LogP contribution in [0.25, 0.3) is 0 Å². The Morgan fingerprint density at radius 1 is 1.00 bits per heavy atom. The average molecular weight is 242 g/mol. The summed E-state index contributed by atoms with van der Waals surface area (Å²) in [7, 11) is 1.65. The molecule has 0 spiro atoms. The molecule has 0 rings (SSSR count). The molecule has 0 radical (unpaired) electrons. The lowest BCUT2D eigenvalue weighted by Gasteiger charge is -2.24. The largest absolute Gasteiger partial charge is 0.385 e. The Bertz CT molecular complexity index is 272. The molecule has 100 valence electrons. The molecule has 0 aliphatic rings. The zero-order chi connectivity index (χ0) is 13.7. The molecule has 0 saturated heterocycles. The predicted molar refractivity (Wildman–Crippen MR) is 69.0 cm³/mol. The maximum atomic E-state index is 12.1. The SMILES string of the molecule is COCCCC(C)(C)C(=O)CC(=O)C(C)(C)C. The van der Waals surface area contributed by atoms with Crippen LogP contribution in [0.1, 0.15) is 53.9 Å². The number of ether oxygens (including phenoxy) is 1. The Kier molecular flexibility index (Phi) is 6.03. The van der Waals surface area contributed by atoms with Crippen LogP contribution in [0.15, 0.2) is 0 Å². The Hall–Kier alpha value is -0.700. The number of carbonyl (C=O) groups excluding carboxylic acids is 2. The second-order valence-electron chi connectivity index (χ2n) is 6.25. The van der Waals surface area contributed by atoms with Gasteiger partial charge in [-0.25, -0.2) is 0 Å². The van der Waals surface area contributed by atoms with Crippen molar-refractivity contribution >= 4 is 11.6 Å². The van der Waals surface area contributed by atoms with Crippen LogP contribution in [0.4, 0.5) is 0 Å². The summed E-state index contributed by atoms with van der Waals surface area (Å²) in [5, 5.41) is 0. The minimum Gasteiger partial charge on any atom is -0.385 e. The lowest BCUT2D eigenvalue weighted by Crippen LogP contribution is -2.31. The fourth-order valence-corrected chi connectivity index (χ4v) is 1.45. The van der Waals surface area contributed by atoms with Gasteiger partial charge >= 0.3 is 0 Å². The third-order valence-corrected chi connectivity index (χ3v) is 3.06. The van der Waals surface area contributed by atoms with E-state index < -0.39 is 10.8 Å². The summed E-state index contributed by atoms with van der Waals surface area (Å²) >= 11 is 0. The standard InChI is InChI=1S/C14H26O3/c1-13(2,3)11(15)10-12(16)14(4,5)8-7-9-17-6/h7-10H2,1-6H3. The zero-order valence-corrected chi connectivity index (χ0v) is 12.1. The molecule has 0 aromatic rings. The van der Waals surface area contributed by atoms with Crippen LogP contribution in [0.2, 0.25) is 0 Å². The Morgan fingerprint density at radius 3 is 1.94 bits per heavy atom. The van der Waals surface area contributed by atoms with Crippen molar-refractivity contribution in [3.63, 3.8) is 0 Å². The number of hydrogen-bond acceptors (Lipinski definition) is 3. The number of hydrogen-bond donors (Lipinski definition) is 0. The summed E-state index contributed by atoms with van der Waals surface area (Å²) in [6.45, 7) is 10.0. The van der Waals surface area contributed by atoms with Gasteiger partial charge in [-0.15, -0.1) is 0 Å². The molecule has 0 aliphatic heterocycles. The Balaban J connectivity index is 4.34. The van der Waals surface area contributed by atoms with Gasteiger partial charge in [0.15, 0.2) is 0 Å². The van der Waals surface area contributed by atoms with Crippen molar-refractivity contribution in [1.29, 1.82) is 0 Å². The molecule has 0 aliphatic carbocycles. The molecule has 17 heavy (non-hydrogen) atoms. The van der Waals surface area contributed by atoms with Gasteiger partial charge in [0.1, 0.15) is 11.6 Å². The molecular weight excluding hydrogens is 216 g/mol. The van der Waals surface area contributed by atoms with Gasteiger partial charge in [0.05, 0.1) is 6.42 Å². The number of ketones is 2. The fraction of sp³-hybridized carbons (Fsp3) is 0.857. The quantitative estimate of drug-likeness (QED) is 0.509. The molecule has 3 nitrogen and oxygen atoms in total. The Labute approximate surface area is 105 Å². The summed E-state index contributed by atoms with van der Waals surface area (Å²) < 4.78 is 4.97. The van der Waals surface area contributed by atoms with E-state index in [9.17, 15) is 9.59 Å². The topological polar surface area (TPSA) is 43.4 Å². The van der Waals surface area contributed by atoms with Gasteiger partial charge in [-0.2, -0.15) is 0 Å². The molecule has 0 heterocycles. The highest BCUT2D eigenvalue weighted by atomic mass is 16.5. The van der Waals surface area contributed by atoms with E-state index in [1.807, 2.05) is 34.6 Å². The van der Waals surface area contributed by atoms with E-state index in [2.05, 4.69) is 0 Å². The van der Waals surface area contributed by atoms with Gasteiger partial charge < -0.3 is 4.74 Å². The molecule has 0 bridgehead atoms. The van der Waals surface area contributed by atoms with Crippen molar-refractivity contribution in [1.82, 2.24) is 0 Å². The molecule has 0 atom stereocenters. The third-order valence-electron chi connectivity index (χ3n) is 3.06. The molecule has 0 N–H and O–H groups in total. The fourth-order valence-electron chi connectivity index (χ4n) is 1.45. The predicted octanol–water partition coefficient (Wildman–Crippen LogP) is 3.01. The Morgan fingerprint density at radius 2 is 1.53 bits per heavy atom. The van der Waals surface area contributed by atoms with Gasteiger partial charge in [0.2, 0.25) is 0 Å². The van der Waals surface area contributed by atoms with Crippen molar-refractivity contribution in [3.8, 4) is 0 Å². The molecule has 0 saturated carbocycles. The minimum absolute atomic E-state index is 0.0160. The number of methoxy groups -OCH3 is 1. The zero-order valence-electron chi connectivity index (χ0n) is 12.1. The molecule has 0 unspecified atom stereocenters. The highest BCUT2D eigenvalue weighted by Gasteiger charge is 2.31. The number of carbonyl (C=O) groups is 2. The van der Waals surface area contributed by atoms with Crippen molar-refractivity contribution in [2.75, 3.05) is 13.7 Å². The van der Waals surface area contributed by atoms with Crippen molar-refractivity contribution in [2.45, 2.75) is 53.9 Å². The van der Waals surface area contributed by atoms with Crippen LogP contribution in [0.5, 0.6) is 0 Å². The summed E-state index contributed by atoms with van der Waals surface area (Å²) in [5.74, 6) is 0.0517. The van der Waals surface area contributed by atoms with Crippen molar-refractivity contribution in [2.24, 2.45) is 10.8 Å². The van der Waals surface area contributed by atoms with Gasteiger partial charge in [0, 0.05) is 24.5 Å². The summed E-state index contributed by atoms with van der Waals surface area (Å²) in [5.41, 5.74) is -0.863. The smallest absolute Gasteiger partial charge is 0.145 e. The lowest BCUT2D eigenvalue weighted by molar-refractivity contribution is -0.136. The lowest BCUT2D eigenvalue weighted by atomic mass is 9.78. The molecule has 0 amide bonds. The van der Waals surface area contributed by atoms with E-state index in [1.165, 1.54) is 0 Å². The van der Waals surface area contributed by atoms with Crippen LogP contribution >= 0.6 is 0 Å². The third kappa shape index (κ3) is 5.97. The maximum absolute atomic E-state index is 12.1. The van der Waals surface area contributed by atoms with Gasteiger partial charge in [-0.1, -0.05) is 34.6 Å². The van der Waals surface area contributed by atoms with Gasteiger partial charge in [-0.3, -0.25) is 9.59 Å². The molecule has 0 fully saturated rings. The monoisotopic (exact) mass is 242 g/mol. The second-order valence-corrected chi connectivity index (χ2v) is 6.25. The number of Topliss-reactive ketones (excluding diaryl/α,β-unsaturated/α-hetero) is 2. The van der Waals surface area contributed by atoms with Gasteiger partial charge in [0.25, 0.3) is 0 Å². The molecular formula is C14H26O3. The van der Waals surface area contributed by atoms with E-state index in [-0.39, 0.29) is 18.0 Å². The first kappa shape index (κ1) is 16.3. The average Bonchev–Trinajstić information content (AvgIpc) is 2.16. The normalized spacial score (nSPS) is 12.6. The molecule has 0 aromatic carbocycles. The van der Waals surface area contributed by atoms with Crippen molar-refractivity contribution in [3.05, 3.63) is 0 Å². The maximum Gasteiger partial charge on any atom is 0.145 e. The molecule has 0 aromatic heterocycles. The highest BCUT2D eigenvalue weighted by Crippen LogP contribution is 2.27. The van der Waals surface area contributed by atoms with E-state index >= 15 is 0 Å². The first-order chi connectivity index (χ1) is 7.61. The summed E-state index contributed by atoms with van der Waals surface area (Å²) in [6, 6.07) is 0. The minimum atomic E-state index is -0.432. The van der Waals surface area contributed by atoms with Gasteiger partial charge in [-0.05, 0) is 12.8 Å². The van der Waals surface area contributed by atoms with Crippen LogP contribution in [0, 0.1) is 10.8 Å². The van der Waals surface area contributed by atoms with Crippen LogP contribution in [-0.4, -0.2) is 25.3 Å². The van der Waals surface area contributed by atoms with Crippen LogP contribution in [-0.2, 0) is 14.3 Å². The summed E-state index contributed by atoms with van der Waals surface area (Å²) in [4.78, 5) is 23.9. The molecule has 3 heteroatoms.